The van der Waals surface area contributed by atoms with Gasteiger partial charge in [0.05, 0.1) is 6.10 Å². The number of hydrogen-bond acceptors (Lipinski definition) is 3. The van der Waals surface area contributed by atoms with Crippen molar-refractivity contribution in [3.05, 3.63) is 0 Å². The maximum absolute atomic E-state index is 10.0. The van der Waals surface area contributed by atoms with Crippen LogP contribution < -0.4 is 0 Å². The molecule has 1 aliphatic rings. The number of hydrogen-bond donors (Lipinski definition) is 0. The summed E-state index contributed by atoms with van der Waals surface area (Å²) in [5.74, 6) is 0.609. The van der Waals surface area contributed by atoms with E-state index in [0.29, 0.717) is 17.1 Å². The second-order valence-electron chi connectivity index (χ2n) is 2.40. The third kappa shape index (κ3) is 1.99. The van der Waals surface area contributed by atoms with Crippen LogP contribution in [0.15, 0.2) is 0 Å². The van der Waals surface area contributed by atoms with Gasteiger partial charge in [-0.1, -0.05) is 0 Å². The lowest BCUT2D eigenvalue weighted by molar-refractivity contribution is -0.105. The van der Waals surface area contributed by atoms with Crippen LogP contribution in [0, 0.1) is 0 Å². The smallest absolute Gasteiger partial charge is 0.129 e. The van der Waals surface area contributed by atoms with E-state index in [4.69, 9.17) is 4.74 Å². The molecule has 0 amide bonds. The zero-order valence-corrected chi connectivity index (χ0v) is 6.89. The summed E-state index contributed by atoms with van der Waals surface area (Å²) in [6, 6.07) is 0. The van der Waals surface area contributed by atoms with Crippen LogP contribution in [-0.4, -0.2) is 30.0 Å². The van der Waals surface area contributed by atoms with Gasteiger partial charge >= 0.3 is 0 Å². The molecule has 1 rings (SSSR count). The van der Waals surface area contributed by atoms with E-state index >= 15 is 0 Å². The lowest BCUT2D eigenvalue weighted by atomic mass is 10.3. The molecule has 0 spiro atoms. The van der Waals surface area contributed by atoms with E-state index in [1.54, 1.807) is 11.8 Å². The van der Waals surface area contributed by atoms with Gasteiger partial charge in [0.2, 0.25) is 0 Å². The fourth-order valence-electron chi connectivity index (χ4n) is 1.09. The Balaban J connectivity index is 2.19. The van der Waals surface area contributed by atoms with Crippen LogP contribution in [0.3, 0.4) is 0 Å². The number of rotatable bonds is 3. The normalized spacial score (nSPS) is 32.5. The topological polar surface area (TPSA) is 26.3 Å². The van der Waals surface area contributed by atoms with Crippen LogP contribution in [0.1, 0.15) is 13.3 Å². The van der Waals surface area contributed by atoms with E-state index in [1.165, 1.54) is 0 Å². The SMILES string of the molecule is CC1OCCC1SCC=O. The second-order valence-corrected chi connectivity index (χ2v) is 3.68. The van der Waals surface area contributed by atoms with Gasteiger partial charge < -0.3 is 9.53 Å². The van der Waals surface area contributed by atoms with Crippen molar-refractivity contribution >= 4 is 18.0 Å². The molecule has 0 bridgehead atoms. The summed E-state index contributed by atoms with van der Waals surface area (Å²) in [4.78, 5) is 10.0. The molecule has 10 heavy (non-hydrogen) atoms. The highest BCUT2D eigenvalue weighted by molar-refractivity contribution is 8.00. The van der Waals surface area contributed by atoms with Crippen molar-refractivity contribution in [3.63, 3.8) is 0 Å². The summed E-state index contributed by atoms with van der Waals surface area (Å²) in [5.41, 5.74) is 0. The summed E-state index contributed by atoms with van der Waals surface area (Å²) < 4.78 is 5.33. The maximum Gasteiger partial charge on any atom is 0.129 e. The minimum Gasteiger partial charge on any atom is -0.377 e. The molecular formula is C7H12O2S. The predicted molar refractivity (Wildman–Crippen MR) is 42.3 cm³/mol. The number of aldehydes is 1. The Kier molecular flexibility index (Phi) is 3.22. The predicted octanol–water partition coefficient (Wildman–Crippen LogP) is 1.10. The molecule has 0 aromatic carbocycles. The van der Waals surface area contributed by atoms with Gasteiger partial charge in [-0.05, 0) is 13.3 Å². The molecule has 0 N–H and O–H groups in total. The van der Waals surface area contributed by atoms with Crippen LogP contribution in [0.5, 0.6) is 0 Å². The molecule has 2 nitrogen and oxygen atoms in total. The number of carbonyl (C=O) groups excluding carboxylic acids is 1. The molecule has 58 valence electrons. The monoisotopic (exact) mass is 160 g/mol. The van der Waals surface area contributed by atoms with Crippen molar-refractivity contribution in [1.82, 2.24) is 0 Å². The highest BCUT2D eigenvalue weighted by atomic mass is 32.2. The minimum atomic E-state index is 0.338. The highest BCUT2D eigenvalue weighted by Crippen LogP contribution is 2.25. The first-order valence-electron chi connectivity index (χ1n) is 3.51. The first-order valence-corrected chi connectivity index (χ1v) is 4.56. The highest BCUT2D eigenvalue weighted by Gasteiger charge is 2.23. The van der Waals surface area contributed by atoms with Gasteiger partial charge in [-0.2, -0.15) is 0 Å². The van der Waals surface area contributed by atoms with Crippen molar-refractivity contribution in [2.24, 2.45) is 0 Å². The van der Waals surface area contributed by atoms with E-state index in [-0.39, 0.29) is 0 Å². The van der Waals surface area contributed by atoms with Crippen LogP contribution in [0.4, 0.5) is 0 Å². The van der Waals surface area contributed by atoms with Gasteiger partial charge in [-0.15, -0.1) is 11.8 Å². The van der Waals surface area contributed by atoms with Crippen LogP contribution in [0.2, 0.25) is 0 Å². The second kappa shape index (κ2) is 3.98. The summed E-state index contributed by atoms with van der Waals surface area (Å²) >= 11 is 1.70. The van der Waals surface area contributed by atoms with Crippen molar-refractivity contribution < 1.29 is 9.53 Å². The lowest BCUT2D eigenvalue weighted by Gasteiger charge is -2.10. The van der Waals surface area contributed by atoms with Gasteiger partial charge in [0, 0.05) is 17.6 Å². The fraction of sp³-hybridized carbons (Fsp3) is 0.857. The third-order valence-corrected chi connectivity index (χ3v) is 3.06. The Morgan fingerprint density at radius 3 is 3.10 bits per heavy atom. The van der Waals surface area contributed by atoms with Gasteiger partial charge in [0.1, 0.15) is 6.29 Å². The standard InChI is InChI=1S/C7H12O2S/c1-6-7(2-4-9-6)10-5-3-8/h3,6-7H,2,4-5H2,1H3. The Labute approximate surface area is 65.3 Å². The Morgan fingerprint density at radius 1 is 1.80 bits per heavy atom. The van der Waals surface area contributed by atoms with E-state index in [0.717, 1.165) is 19.3 Å². The van der Waals surface area contributed by atoms with Crippen LogP contribution in [-0.2, 0) is 9.53 Å². The van der Waals surface area contributed by atoms with Crippen molar-refractivity contribution in [1.29, 1.82) is 0 Å². The molecule has 0 radical (unpaired) electrons. The molecular weight excluding hydrogens is 148 g/mol. The van der Waals surface area contributed by atoms with E-state index < -0.39 is 0 Å². The lowest BCUT2D eigenvalue weighted by Crippen LogP contribution is -2.13. The molecule has 1 fully saturated rings. The Morgan fingerprint density at radius 2 is 2.60 bits per heavy atom. The van der Waals surface area contributed by atoms with Crippen molar-refractivity contribution in [2.45, 2.75) is 24.7 Å². The van der Waals surface area contributed by atoms with Gasteiger partial charge in [-0.25, -0.2) is 0 Å². The average molecular weight is 160 g/mol. The molecule has 1 aliphatic heterocycles. The van der Waals surface area contributed by atoms with Crippen LogP contribution in [0.25, 0.3) is 0 Å². The molecule has 2 unspecified atom stereocenters. The summed E-state index contributed by atoms with van der Waals surface area (Å²) in [6.45, 7) is 2.92. The minimum absolute atomic E-state index is 0.338. The zero-order valence-electron chi connectivity index (χ0n) is 6.08. The maximum atomic E-state index is 10.0. The van der Waals surface area contributed by atoms with Gasteiger partial charge in [-0.3, -0.25) is 0 Å². The van der Waals surface area contributed by atoms with Gasteiger partial charge in [0.15, 0.2) is 0 Å². The molecule has 0 aromatic rings. The number of ether oxygens (including phenoxy) is 1. The zero-order chi connectivity index (χ0) is 7.40. The third-order valence-electron chi connectivity index (χ3n) is 1.69. The van der Waals surface area contributed by atoms with E-state index in [1.807, 2.05) is 0 Å². The summed E-state index contributed by atoms with van der Waals surface area (Å²) in [6.07, 6.45) is 2.39. The molecule has 2 atom stereocenters. The first kappa shape index (κ1) is 8.08. The molecule has 1 heterocycles. The quantitative estimate of drug-likeness (QED) is 0.578. The van der Waals surface area contributed by atoms with E-state index in [2.05, 4.69) is 6.92 Å². The number of thioether (sulfide) groups is 1. The first-order chi connectivity index (χ1) is 4.84. The van der Waals surface area contributed by atoms with Gasteiger partial charge in [0.25, 0.3) is 0 Å². The molecule has 0 aromatic heterocycles. The average Bonchev–Trinajstić information content (AvgIpc) is 2.31. The molecule has 1 saturated heterocycles. The van der Waals surface area contributed by atoms with Crippen LogP contribution >= 0.6 is 11.8 Å². The molecule has 0 saturated carbocycles. The van der Waals surface area contributed by atoms with Crippen molar-refractivity contribution in [2.75, 3.05) is 12.4 Å². The summed E-state index contributed by atoms with van der Waals surface area (Å²) in [7, 11) is 0. The fourth-order valence-corrected chi connectivity index (χ4v) is 2.03. The van der Waals surface area contributed by atoms with E-state index in [9.17, 15) is 4.79 Å². The Bertz CT molecular complexity index is 116. The molecule has 3 heteroatoms. The molecule has 0 aliphatic carbocycles. The summed E-state index contributed by atoms with van der Waals surface area (Å²) in [5, 5.41) is 0.546. The van der Waals surface area contributed by atoms with Crippen molar-refractivity contribution in [3.8, 4) is 0 Å². The largest absolute Gasteiger partial charge is 0.377 e. The number of carbonyl (C=O) groups is 1. The Hall–Kier alpha value is -0.0200.